The zero-order chi connectivity index (χ0) is 21.1. The van der Waals surface area contributed by atoms with Gasteiger partial charge in [-0.1, -0.05) is 24.3 Å². The first-order valence-corrected chi connectivity index (χ1v) is 9.19. The van der Waals surface area contributed by atoms with E-state index in [4.69, 9.17) is 4.42 Å². The highest BCUT2D eigenvalue weighted by atomic mass is 16.4. The molecule has 0 bridgehead atoms. The SMILES string of the molecule is CC(=O)c1ccc(NC(=O)Nc2ccccc2-c2nc3ccccc3c(=O)o2)cc1. The number of ketones is 1. The molecule has 1 aromatic heterocycles. The van der Waals surface area contributed by atoms with E-state index in [1.807, 2.05) is 0 Å². The van der Waals surface area contributed by atoms with Crippen LogP contribution in [0.3, 0.4) is 0 Å². The Morgan fingerprint density at radius 3 is 2.33 bits per heavy atom. The normalized spacial score (nSPS) is 10.6. The third-order valence-electron chi connectivity index (χ3n) is 4.49. The van der Waals surface area contributed by atoms with Crippen LogP contribution in [0.2, 0.25) is 0 Å². The molecular formula is C23H17N3O4. The van der Waals surface area contributed by atoms with E-state index in [-0.39, 0.29) is 11.7 Å². The molecule has 7 heteroatoms. The van der Waals surface area contributed by atoms with Gasteiger partial charge in [-0.05, 0) is 55.5 Å². The number of nitrogens with zero attached hydrogens (tertiary/aromatic N) is 1. The highest BCUT2D eigenvalue weighted by Gasteiger charge is 2.14. The maximum atomic E-state index is 12.5. The lowest BCUT2D eigenvalue weighted by Crippen LogP contribution is -2.20. The summed E-state index contributed by atoms with van der Waals surface area (Å²) in [5.41, 5.74) is 2.01. The van der Waals surface area contributed by atoms with Gasteiger partial charge in [-0.15, -0.1) is 0 Å². The predicted octanol–water partition coefficient (Wildman–Crippen LogP) is 4.70. The Balaban J connectivity index is 1.60. The quantitative estimate of drug-likeness (QED) is 0.484. The second-order valence-electron chi connectivity index (χ2n) is 6.58. The van der Waals surface area contributed by atoms with Crippen LogP contribution < -0.4 is 16.3 Å². The van der Waals surface area contributed by atoms with Crippen LogP contribution in [0.5, 0.6) is 0 Å². The molecule has 2 N–H and O–H groups in total. The standard InChI is InChI=1S/C23H17N3O4/c1-14(27)15-10-12-16(13-11-15)24-23(29)26-19-8-4-2-6-17(19)21-25-20-9-5-3-7-18(20)22(28)30-21/h2-13H,1H3,(H2,24,26,29). The monoisotopic (exact) mass is 399 g/mol. The highest BCUT2D eigenvalue weighted by molar-refractivity contribution is 6.02. The molecule has 0 aliphatic heterocycles. The molecule has 0 saturated carbocycles. The van der Waals surface area contributed by atoms with E-state index in [0.29, 0.717) is 33.4 Å². The summed E-state index contributed by atoms with van der Waals surface area (Å²) in [4.78, 5) is 40.5. The number of Topliss-reactive ketones (excluding diaryl/α,β-unsaturated/α-hetero) is 1. The third-order valence-corrected chi connectivity index (χ3v) is 4.49. The molecule has 30 heavy (non-hydrogen) atoms. The number of hydrogen-bond acceptors (Lipinski definition) is 5. The molecule has 3 aromatic carbocycles. The van der Waals surface area contributed by atoms with Crippen molar-refractivity contribution in [2.45, 2.75) is 6.92 Å². The Morgan fingerprint density at radius 1 is 0.867 bits per heavy atom. The molecular weight excluding hydrogens is 382 g/mol. The minimum absolute atomic E-state index is 0.0516. The molecule has 1 heterocycles. The molecule has 0 radical (unpaired) electrons. The second-order valence-corrected chi connectivity index (χ2v) is 6.58. The van der Waals surface area contributed by atoms with E-state index in [9.17, 15) is 14.4 Å². The smallest absolute Gasteiger partial charge is 0.347 e. The lowest BCUT2D eigenvalue weighted by Gasteiger charge is -2.11. The number of anilines is 2. The highest BCUT2D eigenvalue weighted by Crippen LogP contribution is 2.27. The molecule has 4 rings (SSSR count). The van der Waals surface area contributed by atoms with E-state index in [1.165, 1.54) is 6.92 Å². The van der Waals surface area contributed by atoms with Gasteiger partial charge in [-0.2, -0.15) is 0 Å². The van der Waals surface area contributed by atoms with Crippen LogP contribution in [0.15, 0.2) is 82.0 Å². The molecule has 0 saturated heterocycles. The Hall–Kier alpha value is -4.26. The number of hydrogen-bond donors (Lipinski definition) is 2. The van der Waals surface area contributed by atoms with Gasteiger partial charge >= 0.3 is 11.7 Å². The van der Waals surface area contributed by atoms with E-state index in [1.54, 1.807) is 72.8 Å². The summed E-state index contributed by atoms with van der Waals surface area (Å²) in [7, 11) is 0. The molecule has 0 atom stereocenters. The largest absolute Gasteiger partial charge is 0.403 e. The number of rotatable bonds is 4. The molecule has 0 fully saturated rings. The maximum absolute atomic E-state index is 12.5. The minimum Gasteiger partial charge on any atom is -0.403 e. The number of benzene rings is 3. The predicted molar refractivity (Wildman–Crippen MR) is 115 cm³/mol. The van der Waals surface area contributed by atoms with Crippen LogP contribution in [0, 0.1) is 0 Å². The molecule has 148 valence electrons. The first-order chi connectivity index (χ1) is 14.5. The summed E-state index contributed by atoms with van der Waals surface area (Å²) in [6.07, 6.45) is 0. The number of carbonyl (C=O) groups excluding carboxylic acids is 2. The van der Waals surface area contributed by atoms with Crippen molar-refractivity contribution in [2.24, 2.45) is 0 Å². The number of fused-ring (bicyclic) bond motifs is 1. The van der Waals surface area contributed by atoms with Crippen molar-refractivity contribution >= 4 is 34.1 Å². The zero-order valence-electron chi connectivity index (χ0n) is 16.0. The van der Waals surface area contributed by atoms with Gasteiger partial charge in [-0.3, -0.25) is 4.79 Å². The van der Waals surface area contributed by atoms with Crippen molar-refractivity contribution in [1.29, 1.82) is 0 Å². The van der Waals surface area contributed by atoms with Gasteiger partial charge in [0, 0.05) is 11.3 Å². The average molecular weight is 399 g/mol. The Bertz CT molecular complexity index is 1310. The summed E-state index contributed by atoms with van der Waals surface area (Å²) in [5, 5.41) is 5.83. The van der Waals surface area contributed by atoms with Gasteiger partial charge in [0.1, 0.15) is 0 Å². The van der Waals surface area contributed by atoms with Crippen LogP contribution in [-0.4, -0.2) is 16.8 Å². The van der Waals surface area contributed by atoms with Crippen molar-refractivity contribution in [1.82, 2.24) is 4.98 Å². The van der Waals surface area contributed by atoms with Gasteiger partial charge in [0.25, 0.3) is 0 Å². The van der Waals surface area contributed by atoms with Crippen LogP contribution >= 0.6 is 0 Å². The first kappa shape index (κ1) is 19.1. The van der Waals surface area contributed by atoms with Crippen molar-refractivity contribution in [2.75, 3.05) is 10.6 Å². The minimum atomic E-state index is -0.500. The molecule has 0 unspecified atom stereocenters. The van der Waals surface area contributed by atoms with Crippen LogP contribution in [-0.2, 0) is 0 Å². The Kier molecular flexibility index (Phi) is 5.09. The Morgan fingerprint density at radius 2 is 1.57 bits per heavy atom. The number of carbonyl (C=O) groups is 2. The molecule has 7 nitrogen and oxygen atoms in total. The van der Waals surface area contributed by atoms with Gasteiger partial charge in [0.2, 0.25) is 5.89 Å². The first-order valence-electron chi connectivity index (χ1n) is 9.19. The average Bonchev–Trinajstić information content (AvgIpc) is 2.74. The zero-order valence-corrected chi connectivity index (χ0v) is 16.0. The van der Waals surface area contributed by atoms with Gasteiger partial charge < -0.3 is 15.1 Å². The fraction of sp³-hybridized carbons (Fsp3) is 0.0435. The van der Waals surface area contributed by atoms with Crippen molar-refractivity contribution in [3.63, 3.8) is 0 Å². The fourth-order valence-electron chi connectivity index (χ4n) is 2.99. The van der Waals surface area contributed by atoms with Gasteiger partial charge in [0.05, 0.1) is 22.2 Å². The lowest BCUT2D eigenvalue weighted by molar-refractivity contribution is 0.101. The number of para-hydroxylation sites is 2. The summed E-state index contributed by atoms with van der Waals surface area (Å²) in [5.74, 6) is 0.0599. The summed E-state index contributed by atoms with van der Waals surface area (Å²) >= 11 is 0. The summed E-state index contributed by atoms with van der Waals surface area (Å²) < 4.78 is 5.38. The summed E-state index contributed by atoms with van der Waals surface area (Å²) in [6, 6.07) is 19.9. The topological polar surface area (TPSA) is 101 Å². The van der Waals surface area contributed by atoms with Crippen molar-refractivity contribution in [3.05, 3.63) is 88.8 Å². The number of aromatic nitrogens is 1. The van der Waals surface area contributed by atoms with Gasteiger partial charge in [-0.25, -0.2) is 14.6 Å². The number of nitrogens with one attached hydrogen (secondary N) is 2. The van der Waals surface area contributed by atoms with E-state index in [2.05, 4.69) is 15.6 Å². The van der Waals surface area contributed by atoms with E-state index in [0.717, 1.165) is 0 Å². The number of urea groups is 1. The summed E-state index contributed by atoms with van der Waals surface area (Å²) in [6.45, 7) is 1.48. The molecule has 0 aliphatic rings. The number of amides is 2. The molecule has 4 aromatic rings. The maximum Gasteiger partial charge on any atom is 0.347 e. The lowest BCUT2D eigenvalue weighted by atomic mass is 10.1. The fourth-order valence-corrected chi connectivity index (χ4v) is 2.99. The van der Waals surface area contributed by atoms with Crippen LogP contribution in [0.25, 0.3) is 22.4 Å². The third kappa shape index (κ3) is 3.95. The van der Waals surface area contributed by atoms with Crippen molar-refractivity contribution in [3.8, 4) is 11.5 Å². The second kappa shape index (κ2) is 8.00. The van der Waals surface area contributed by atoms with E-state index < -0.39 is 11.7 Å². The van der Waals surface area contributed by atoms with Crippen molar-refractivity contribution < 1.29 is 14.0 Å². The molecule has 0 spiro atoms. The van der Waals surface area contributed by atoms with E-state index >= 15 is 0 Å². The Labute approximate surface area is 171 Å². The molecule has 0 aliphatic carbocycles. The van der Waals surface area contributed by atoms with Crippen LogP contribution in [0.4, 0.5) is 16.2 Å². The van der Waals surface area contributed by atoms with Gasteiger partial charge in [0.15, 0.2) is 5.78 Å². The molecule has 2 amide bonds. The van der Waals surface area contributed by atoms with Crippen LogP contribution in [0.1, 0.15) is 17.3 Å².